The molecule has 0 saturated carbocycles. The maximum absolute atomic E-state index is 13.8. The summed E-state index contributed by atoms with van der Waals surface area (Å²) in [6.45, 7) is 0.103. The highest BCUT2D eigenvalue weighted by atomic mass is 19.2. The Morgan fingerprint density at radius 2 is 1.69 bits per heavy atom. The van der Waals surface area contributed by atoms with Gasteiger partial charge in [0.2, 0.25) is 0 Å². The van der Waals surface area contributed by atoms with Gasteiger partial charge in [0.15, 0.2) is 11.6 Å². The second kappa shape index (κ2) is 9.19. The third-order valence-corrected chi connectivity index (χ3v) is 5.67. The van der Waals surface area contributed by atoms with Gasteiger partial charge < -0.3 is 15.2 Å². The van der Waals surface area contributed by atoms with Gasteiger partial charge in [0.25, 0.3) is 0 Å². The van der Waals surface area contributed by atoms with Crippen LogP contribution in [0, 0.1) is 22.9 Å². The first kappa shape index (κ1) is 22.5. The molecule has 6 nitrogen and oxygen atoms in total. The van der Waals surface area contributed by atoms with Gasteiger partial charge in [-0.15, -0.1) is 0 Å². The maximum Gasteiger partial charge on any atom is 0.159 e. The lowest BCUT2D eigenvalue weighted by molar-refractivity contribution is 0.159. The van der Waals surface area contributed by atoms with Gasteiger partial charge in [0.1, 0.15) is 29.8 Å². The van der Waals surface area contributed by atoms with E-state index < -0.39 is 17.5 Å². The Labute approximate surface area is 198 Å². The van der Waals surface area contributed by atoms with Crippen LogP contribution in [0.2, 0.25) is 0 Å². The average Bonchev–Trinajstić information content (AvgIpc) is 2.84. The number of aromatic nitrogens is 2. The molecular formula is C26H19F3N4O2. The molecule has 0 amide bonds. The fourth-order valence-corrected chi connectivity index (χ4v) is 4.04. The van der Waals surface area contributed by atoms with E-state index in [0.717, 1.165) is 29.5 Å². The van der Waals surface area contributed by atoms with E-state index in [2.05, 4.69) is 9.97 Å². The molecule has 4 aromatic rings. The standard InChI is InChI=1S/C26H19F3N4O2/c27-17-5-16(9-32-10-17)14-2-4-24-18(6-14)20(12-34-13-26(30)31)19-8-23(33-11-25(19)35-24)15-1-3-21(28)22(29)7-15/h1-11,20H,12-13H2,(H3,30,31). The number of pyridine rings is 2. The number of ether oxygens (including phenoxy) is 2. The van der Waals surface area contributed by atoms with Crippen LogP contribution in [-0.4, -0.2) is 29.0 Å². The minimum atomic E-state index is -0.974. The fraction of sp³-hybridized carbons (Fsp3) is 0.115. The van der Waals surface area contributed by atoms with Crippen molar-refractivity contribution in [3.63, 3.8) is 0 Å². The van der Waals surface area contributed by atoms with E-state index in [1.807, 2.05) is 6.07 Å². The molecule has 1 aliphatic rings. The summed E-state index contributed by atoms with van der Waals surface area (Å²) in [4.78, 5) is 8.29. The Morgan fingerprint density at radius 3 is 2.46 bits per heavy atom. The van der Waals surface area contributed by atoms with E-state index in [9.17, 15) is 13.2 Å². The summed E-state index contributed by atoms with van der Waals surface area (Å²) >= 11 is 0. The lowest BCUT2D eigenvalue weighted by Crippen LogP contribution is -2.22. The number of nitrogens with two attached hydrogens (primary N) is 1. The largest absolute Gasteiger partial charge is 0.455 e. The summed E-state index contributed by atoms with van der Waals surface area (Å²) in [6.07, 6.45) is 4.22. The molecule has 176 valence electrons. The predicted molar refractivity (Wildman–Crippen MR) is 124 cm³/mol. The molecule has 0 spiro atoms. The Morgan fingerprint density at radius 1 is 0.886 bits per heavy atom. The molecule has 2 aromatic heterocycles. The van der Waals surface area contributed by atoms with Crippen molar-refractivity contribution in [2.24, 2.45) is 5.73 Å². The van der Waals surface area contributed by atoms with E-state index >= 15 is 0 Å². The highest BCUT2D eigenvalue weighted by Gasteiger charge is 2.29. The van der Waals surface area contributed by atoms with Crippen molar-refractivity contribution in [2.45, 2.75) is 5.92 Å². The van der Waals surface area contributed by atoms with Crippen molar-refractivity contribution < 1.29 is 22.6 Å². The lowest BCUT2D eigenvalue weighted by atomic mass is 9.86. The van der Waals surface area contributed by atoms with Gasteiger partial charge in [-0.05, 0) is 48.0 Å². The Bertz CT molecular complexity index is 1440. The van der Waals surface area contributed by atoms with Gasteiger partial charge in [-0.25, -0.2) is 13.2 Å². The monoisotopic (exact) mass is 476 g/mol. The van der Waals surface area contributed by atoms with E-state index in [-0.39, 0.29) is 25.0 Å². The minimum Gasteiger partial charge on any atom is -0.455 e. The van der Waals surface area contributed by atoms with Crippen LogP contribution in [0.1, 0.15) is 17.0 Å². The zero-order chi connectivity index (χ0) is 24.5. The SMILES string of the molecule is N=C(N)COCC1c2cc(-c3cncc(F)c3)ccc2Oc2cnc(-c3ccc(F)c(F)c3)cc21. The number of amidine groups is 1. The highest BCUT2D eigenvalue weighted by Crippen LogP contribution is 2.46. The van der Waals surface area contributed by atoms with Crippen molar-refractivity contribution in [3.8, 4) is 33.9 Å². The van der Waals surface area contributed by atoms with Gasteiger partial charge in [0, 0.05) is 34.4 Å². The van der Waals surface area contributed by atoms with E-state index in [1.165, 1.54) is 18.3 Å². The molecule has 0 saturated heterocycles. The third-order valence-electron chi connectivity index (χ3n) is 5.67. The normalized spacial score (nSPS) is 14.1. The Kier molecular flexibility index (Phi) is 5.92. The minimum absolute atomic E-state index is 0.0589. The Hall–Kier alpha value is -4.24. The van der Waals surface area contributed by atoms with Crippen molar-refractivity contribution in [1.82, 2.24) is 9.97 Å². The van der Waals surface area contributed by atoms with Crippen LogP contribution in [-0.2, 0) is 4.74 Å². The molecule has 3 heterocycles. The fourth-order valence-electron chi connectivity index (χ4n) is 4.04. The zero-order valence-electron chi connectivity index (χ0n) is 18.3. The van der Waals surface area contributed by atoms with Crippen LogP contribution in [0.4, 0.5) is 13.2 Å². The summed E-state index contributed by atoms with van der Waals surface area (Å²) in [5.74, 6) is -1.79. The van der Waals surface area contributed by atoms with E-state index in [0.29, 0.717) is 33.9 Å². The molecule has 3 N–H and O–H groups in total. The van der Waals surface area contributed by atoms with Crippen molar-refractivity contribution in [3.05, 3.63) is 95.7 Å². The summed E-state index contributed by atoms with van der Waals surface area (Å²) in [5, 5.41) is 7.46. The summed E-state index contributed by atoms with van der Waals surface area (Å²) < 4.78 is 52.8. The molecule has 9 heteroatoms. The van der Waals surface area contributed by atoms with Gasteiger partial charge in [-0.1, -0.05) is 6.07 Å². The van der Waals surface area contributed by atoms with Crippen LogP contribution in [0.15, 0.2) is 67.1 Å². The zero-order valence-corrected chi connectivity index (χ0v) is 18.3. The Balaban J connectivity index is 1.59. The number of nitrogens with zero attached hydrogens (tertiary/aromatic N) is 2. The van der Waals surface area contributed by atoms with Gasteiger partial charge in [0.05, 0.1) is 24.7 Å². The molecule has 35 heavy (non-hydrogen) atoms. The molecule has 0 radical (unpaired) electrons. The third kappa shape index (κ3) is 4.58. The number of fused-ring (bicyclic) bond motifs is 2. The van der Waals surface area contributed by atoms with E-state index in [4.69, 9.17) is 20.6 Å². The van der Waals surface area contributed by atoms with Crippen molar-refractivity contribution >= 4 is 5.84 Å². The number of benzene rings is 2. The van der Waals surface area contributed by atoms with Crippen LogP contribution < -0.4 is 10.5 Å². The van der Waals surface area contributed by atoms with E-state index in [1.54, 1.807) is 24.4 Å². The van der Waals surface area contributed by atoms with Gasteiger partial charge in [-0.2, -0.15) is 0 Å². The maximum atomic E-state index is 13.8. The lowest BCUT2D eigenvalue weighted by Gasteiger charge is -2.29. The van der Waals surface area contributed by atoms with Crippen LogP contribution in [0.25, 0.3) is 22.4 Å². The van der Waals surface area contributed by atoms with Gasteiger partial charge >= 0.3 is 0 Å². The molecular weight excluding hydrogens is 457 g/mol. The number of hydrogen-bond donors (Lipinski definition) is 2. The summed E-state index contributed by atoms with van der Waals surface area (Å²) in [5.41, 5.74) is 9.09. The molecule has 1 atom stereocenters. The highest BCUT2D eigenvalue weighted by molar-refractivity contribution is 5.78. The second-order valence-electron chi connectivity index (χ2n) is 8.08. The number of hydrogen-bond acceptors (Lipinski definition) is 5. The predicted octanol–water partition coefficient (Wildman–Crippen LogP) is 5.42. The van der Waals surface area contributed by atoms with Gasteiger partial charge in [-0.3, -0.25) is 15.4 Å². The summed E-state index contributed by atoms with van der Waals surface area (Å²) in [7, 11) is 0. The molecule has 2 aromatic carbocycles. The molecule has 0 aliphatic carbocycles. The van der Waals surface area contributed by atoms with Crippen LogP contribution >= 0.6 is 0 Å². The molecule has 0 fully saturated rings. The topological polar surface area (TPSA) is 94.1 Å². The second-order valence-corrected chi connectivity index (χ2v) is 8.08. The smallest absolute Gasteiger partial charge is 0.159 e. The molecule has 1 aliphatic heterocycles. The first-order chi connectivity index (χ1) is 16.9. The van der Waals surface area contributed by atoms with Crippen LogP contribution in [0.5, 0.6) is 11.5 Å². The first-order valence-electron chi connectivity index (χ1n) is 10.7. The average molecular weight is 476 g/mol. The number of nitrogens with one attached hydrogen (secondary N) is 1. The summed E-state index contributed by atoms with van der Waals surface area (Å²) in [6, 6.07) is 12.1. The molecule has 1 unspecified atom stereocenters. The van der Waals surface area contributed by atoms with Crippen LogP contribution in [0.3, 0.4) is 0 Å². The van der Waals surface area contributed by atoms with Crippen molar-refractivity contribution in [1.29, 1.82) is 5.41 Å². The van der Waals surface area contributed by atoms with Crippen molar-refractivity contribution in [2.75, 3.05) is 13.2 Å². The first-order valence-corrected chi connectivity index (χ1v) is 10.7. The molecule has 5 rings (SSSR count). The number of halogens is 3. The molecule has 0 bridgehead atoms. The quantitative estimate of drug-likeness (QED) is 0.286. The number of rotatable bonds is 6.